The van der Waals surface area contributed by atoms with Gasteiger partial charge >= 0.3 is 0 Å². The van der Waals surface area contributed by atoms with Gasteiger partial charge in [0.1, 0.15) is 0 Å². The van der Waals surface area contributed by atoms with E-state index in [0.717, 1.165) is 0 Å². The van der Waals surface area contributed by atoms with Crippen LogP contribution in [0.2, 0.25) is 0 Å². The van der Waals surface area contributed by atoms with E-state index in [0.29, 0.717) is 10.2 Å². The van der Waals surface area contributed by atoms with Gasteiger partial charge in [-0.1, -0.05) is 5.92 Å². The molecule has 1 heterocycles. The van der Waals surface area contributed by atoms with Crippen LogP contribution in [-0.2, 0) is 0 Å². The third-order valence-corrected chi connectivity index (χ3v) is 1.76. The van der Waals surface area contributed by atoms with Gasteiger partial charge in [0.15, 0.2) is 5.76 Å². The van der Waals surface area contributed by atoms with Crippen molar-refractivity contribution in [2.75, 3.05) is 0 Å². The number of hydrogen-bond donors (Lipinski definition) is 0. The lowest BCUT2D eigenvalue weighted by Crippen LogP contribution is -1.95. The molecule has 0 aromatic carbocycles. The van der Waals surface area contributed by atoms with Gasteiger partial charge in [-0.25, -0.2) is 0 Å². The number of terminal acetylenes is 1. The van der Waals surface area contributed by atoms with E-state index in [1.165, 1.54) is 6.26 Å². The molecule has 0 amide bonds. The predicted octanol–water partition coefficient (Wildman–Crippen LogP) is 2.25. The number of halogens is 1. The lowest BCUT2D eigenvalue weighted by atomic mass is 10.2. The molecule has 0 saturated carbocycles. The zero-order valence-corrected chi connectivity index (χ0v) is 7.22. The number of ketones is 1. The first-order chi connectivity index (χ1) is 5.25. The largest absolute Gasteiger partial charge is 0.460 e. The first-order valence-corrected chi connectivity index (χ1v) is 3.74. The fraction of sp³-hybridized carbons (Fsp3) is 0.125. The molecular weight excluding hydrogens is 208 g/mol. The molecule has 1 aromatic heterocycles. The summed E-state index contributed by atoms with van der Waals surface area (Å²) < 4.78 is 5.54. The highest BCUT2D eigenvalue weighted by molar-refractivity contribution is 9.10. The van der Waals surface area contributed by atoms with Crippen LogP contribution >= 0.6 is 15.9 Å². The Hall–Kier alpha value is -1.01. The maximum atomic E-state index is 11.1. The van der Waals surface area contributed by atoms with Crippen LogP contribution in [0.15, 0.2) is 21.2 Å². The first kappa shape index (κ1) is 8.09. The molecule has 1 aromatic rings. The molecule has 0 bridgehead atoms. The monoisotopic (exact) mass is 212 g/mol. The van der Waals surface area contributed by atoms with Gasteiger partial charge in [0.25, 0.3) is 0 Å². The van der Waals surface area contributed by atoms with Gasteiger partial charge in [0.2, 0.25) is 5.78 Å². The summed E-state index contributed by atoms with van der Waals surface area (Å²) in [6.45, 7) is 0. The molecule has 3 heteroatoms. The Balaban J connectivity index is 2.86. The lowest BCUT2D eigenvalue weighted by molar-refractivity contribution is 0.0971. The maximum Gasteiger partial charge on any atom is 0.210 e. The molecule has 0 aliphatic rings. The minimum atomic E-state index is -0.177. The predicted molar refractivity (Wildman–Crippen MR) is 44.2 cm³/mol. The van der Waals surface area contributed by atoms with Gasteiger partial charge in [0, 0.05) is 0 Å². The molecule has 0 unspecified atom stereocenters. The summed E-state index contributed by atoms with van der Waals surface area (Å²) >= 11 is 3.15. The van der Waals surface area contributed by atoms with Crippen molar-refractivity contribution in [3.8, 4) is 12.3 Å². The summed E-state index contributed by atoms with van der Waals surface area (Å²) in [5, 5.41) is 0. The van der Waals surface area contributed by atoms with E-state index in [2.05, 4.69) is 21.9 Å². The highest BCUT2D eigenvalue weighted by Crippen LogP contribution is 2.18. The number of Topliss-reactive ketones (excluding diaryl/α,β-unsaturated/α-hetero) is 1. The second-order valence-electron chi connectivity index (χ2n) is 1.90. The normalized spacial score (nSPS) is 9.09. The fourth-order valence-electron chi connectivity index (χ4n) is 0.666. The van der Waals surface area contributed by atoms with Crippen molar-refractivity contribution in [2.24, 2.45) is 0 Å². The molecule has 0 radical (unpaired) electrons. The zero-order valence-electron chi connectivity index (χ0n) is 5.63. The summed E-state index contributed by atoms with van der Waals surface area (Å²) in [4.78, 5) is 11.1. The van der Waals surface area contributed by atoms with Gasteiger partial charge in [-0.3, -0.25) is 4.79 Å². The van der Waals surface area contributed by atoms with Crippen molar-refractivity contribution in [1.29, 1.82) is 0 Å². The third kappa shape index (κ3) is 1.72. The van der Waals surface area contributed by atoms with E-state index in [-0.39, 0.29) is 12.2 Å². The van der Waals surface area contributed by atoms with Crippen LogP contribution in [0.25, 0.3) is 0 Å². The van der Waals surface area contributed by atoms with Gasteiger partial charge in [-0.2, -0.15) is 0 Å². The second-order valence-corrected chi connectivity index (χ2v) is 2.76. The summed E-state index contributed by atoms with van der Waals surface area (Å²) in [6, 6.07) is 1.66. The first-order valence-electron chi connectivity index (χ1n) is 2.95. The summed E-state index contributed by atoms with van der Waals surface area (Å²) in [5.41, 5.74) is 0. The molecule has 0 atom stereocenters. The summed E-state index contributed by atoms with van der Waals surface area (Å²) in [7, 11) is 0. The molecule has 0 spiro atoms. The molecule has 0 fully saturated rings. The Kier molecular flexibility index (Phi) is 2.50. The number of furan rings is 1. The van der Waals surface area contributed by atoms with Crippen LogP contribution < -0.4 is 0 Å². The number of rotatable bonds is 2. The van der Waals surface area contributed by atoms with Crippen molar-refractivity contribution in [3.05, 3.63) is 22.6 Å². The number of carbonyl (C=O) groups is 1. The Morgan fingerprint density at radius 1 is 1.82 bits per heavy atom. The zero-order chi connectivity index (χ0) is 8.27. The molecule has 56 valence electrons. The van der Waals surface area contributed by atoms with E-state index < -0.39 is 0 Å². The van der Waals surface area contributed by atoms with E-state index in [1.807, 2.05) is 0 Å². The molecule has 0 saturated heterocycles. The quantitative estimate of drug-likeness (QED) is 0.557. The van der Waals surface area contributed by atoms with Gasteiger partial charge < -0.3 is 4.42 Å². The van der Waals surface area contributed by atoms with Gasteiger partial charge in [-0.05, 0) is 22.0 Å². The average Bonchev–Trinajstić information content (AvgIpc) is 2.36. The van der Waals surface area contributed by atoms with Crippen molar-refractivity contribution in [2.45, 2.75) is 6.42 Å². The average molecular weight is 213 g/mol. The Labute approximate surface area is 72.7 Å². The standard InChI is InChI=1S/C8H5BrO2/c1-2-3-7(10)8-6(9)4-5-11-8/h1,4-5H,3H2. The van der Waals surface area contributed by atoms with Crippen LogP contribution in [0.3, 0.4) is 0 Å². The lowest BCUT2D eigenvalue weighted by Gasteiger charge is -1.89. The van der Waals surface area contributed by atoms with Crippen LogP contribution in [0.5, 0.6) is 0 Å². The highest BCUT2D eigenvalue weighted by Gasteiger charge is 2.11. The number of hydrogen-bond acceptors (Lipinski definition) is 2. The Morgan fingerprint density at radius 3 is 3.00 bits per heavy atom. The smallest absolute Gasteiger partial charge is 0.210 e. The van der Waals surface area contributed by atoms with Crippen LogP contribution in [-0.4, -0.2) is 5.78 Å². The van der Waals surface area contributed by atoms with Crippen molar-refractivity contribution in [1.82, 2.24) is 0 Å². The highest BCUT2D eigenvalue weighted by atomic mass is 79.9. The van der Waals surface area contributed by atoms with Crippen molar-refractivity contribution in [3.63, 3.8) is 0 Å². The molecule has 0 N–H and O–H groups in total. The Morgan fingerprint density at radius 2 is 2.55 bits per heavy atom. The molecule has 1 rings (SSSR count). The van der Waals surface area contributed by atoms with Crippen LogP contribution in [0.1, 0.15) is 17.0 Å². The van der Waals surface area contributed by atoms with Crippen molar-refractivity contribution >= 4 is 21.7 Å². The second kappa shape index (κ2) is 3.40. The van der Waals surface area contributed by atoms with E-state index in [9.17, 15) is 4.79 Å². The summed E-state index contributed by atoms with van der Waals surface area (Å²) in [6.07, 6.45) is 6.47. The molecule has 0 aliphatic carbocycles. The Bertz CT molecular complexity index is 306. The van der Waals surface area contributed by atoms with Gasteiger partial charge in [-0.15, -0.1) is 6.42 Å². The topological polar surface area (TPSA) is 30.2 Å². The fourth-order valence-corrected chi connectivity index (χ4v) is 1.09. The SMILES string of the molecule is C#CCC(=O)c1occc1Br. The molecule has 2 nitrogen and oxygen atoms in total. The van der Waals surface area contributed by atoms with Crippen LogP contribution in [0.4, 0.5) is 0 Å². The van der Waals surface area contributed by atoms with Crippen molar-refractivity contribution < 1.29 is 9.21 Å². The third-order valence-electron chi connectivity index (χ3n) is 1.13. The summed E-state index contributed by atoms with van der Waals surface area (Å²) in [5.74, 6) is 2.37. The maximum absolute atomic E-state index is 11.1. The molecular formula is C8H5BrO2. The van der Waals surface area contributed by atoms with E-state index in [4.69, 9.17) is 10.8 Å². The minimum Gasteiger partial charge on any atom is -0.460 e. The van der Waals surface area contributed by atoms with E-state index in [1.54, 1.807) is 6.07 Å². The minimum absolute atomic E-state index is 0.0755. The molecule has 11 heavy (non-hydrogen) atoms. The van der Waals surface area contributed by atoms with Gasteiger partial charge in [0.05, 0.1) is 17.2 Å². The number of carbonyl (C=O) groups excluding carboxylic acids is 1. The van der Waals surface area contributed by atoms with Crippen LogP contribution in [0, 0.1) is 12.3 Å². The van der Waals surface area contributed by atoms with E-state index >= 15 is 0 Å². The molecule has 0 aliphatic heterocycles.